The molecule has 1 N–H and O–H groups in total. The second-order valence-corrected chi connectivity index (χ2v) is 18.8. The van der Waals surface area contributed by atoms with Gasteiger partial charge in [0.05, 0.1) is 56.9 Å². The van der Waals surface area contributed by atoms with Gasteiger partial charge in [0.1, 0.15) is 22.3 Å². The summed E-state index contributed by atoms with van der Waals surface area (Å²) in [6, 6.07) is 5.28. The summed E-state index contributed by atoms with van der Waals surface area (Å²) in [6.07, 6.45) is 5.90. The number of likely N-dealkylation sites (tertiary alicyclic amines) is 2. The molecule has 2 amide bonds. The molecule has 2 atom stereocenters. The number of hydrogen-bond donors (Lipinski definition) is 1. The van der Waals surface area contributed by atoms with Crippen LogP contribution in [0.3, 0.4) is 0 Å². The Hall–Kier alpha value is -4.31. The third kappa shape index (κ3) is 12.9. The van der Waals surface area contributed by atoms with Crippen LogP contribution in [0.2, 0.25) is 15.1 Å². The van der Waals surface area contributed by atoms with E-state index in [1.165, 1.54) is 6.20 Å². The van der Waals surface area contributed by atoms with Gasteiger partial charge >= 0.3 is 24.1 Å². The van der Waals surface area contributed by atoms with Crippen LogP contribution in [0.4, 0.5) is 9.59 Å². The maximum atomic E-state index is 12.6. The molecule has 356 valence electrons. The van der Waals surface area contributed by atoms with Crippen LogP contribution in [-0.2, 0) is 18.9 Å². The van der Waals surface area contributed by atoms with E-state index >= 15 is 0 Å². The summed E-state index contributed by atoms with van der Waals surface area (Å²) in [5.74, 6) is -0.293. The molecule has 64 heavy (non-hydrogen) atoms. The Morgan fingerprint density at radius 2 is 1.09 bits per heavy atom. The van der Waals surface area contributed by atoms with E-state index in [9.17, 15) is 19.2 Å². The van der Waals surface area contributed by atoms with E-state index in [2.05, 4.69) is 24.0 Å². The minimum absolute atomic E-state index is 0. The second kappa shape index (κ2) is 23.2. The molecule has 2 unspecified atom stereocenters. The van der Waals surface area contributed by atoms with Crippen LogP contribution in [0.25, 0.3) is 11.0 Å². The van der Waals surface area contributed by atoms with Crippen molar-refractivity contribution in [2.45, 2.75) is 125 Å². The number of aromatic nitrogens is 4. The van der Waals surface area contributed by atoms with Gasteiger partial charge in [0.15, 0.2) is 0 Å². The number of rotatable bonds is 8. The van der Waals surface area contributed by atoms with Gasteiger partial charge in [-0.2, -0.15) is 10.2 Å². The average Bonchev–Trinajstić information content (AvgIpc) is 3.69. The molecule has 6 heterocycles. The third-order valence-electron chi connectivity index (χ3n) is 11.0. The van der Waals surface area contributed by atoms with Crippen molar-refractivity contribution in [2.24, 2.45) is 11.8 Å². The number of carbonyl (C=O) groups is 4. The molecule has 6 rings (SSSR count). The first-order valence-electron chi connectivity index (χ1n) is 21.4. The lowest BCUT2D eigenvalue weighted by Gasteiger charge is -2.35. The predicted molar refractivity (Wildman–Crippen MR) is 250 cm³/mol. The molecule has 0 aliphatic carbocycles. The maximum Gasteiger partial charge on any atom is 0.410 e. The van der Waals surface area contributed by atoms with E-state index in [0.29, 0.717) is 63.8 Å². The monoisotopic (exact) mass is 952 g/mol. The lowest BCUT2D eigenvalue weighted by molar-refractivity contribution is 0.0165. The van der Waals surface area contributed by atoms with Crippen LogP contribution in [0, 0.1) is 11.8 Å². The molecule has 0 saturated carbocycles. The molecule has 0 radical (unpaired) electrons. The van der Waals surface area contributed by atoms with Crippen LogP contribution in [0.5, 0.6) is 0 Å². The lowest BCUT2D eigenvalue weighted by atomic mass is 9.83. The van der Waals surface area contributed by atoms with Crippen molar-refractivity contribution in [3.63, 3.8) is 0 Å². The highest BCUT2D eigenvalue weighted by Gasteiger charge is 2.36. The lowest BCUT2D eigenvalue weighted by Crippen LogP contribution is -2.42. The number of nitrogens with zero attached hydrogens (tertiary/aromatic N) is 6. The zero-order chi connectivity index (χ0) is 47.0. The number of hydrogen-bond acceptors (Lipinski definition) is 11. The van der Waals surface area contributed by atoms with E-state index in [1.54, 1.807) is 51.0 Å². The van der Waals surface area contributed by atoms with Crippen molar-refractivity contribution in [3.05, 3.63) is 68.2 Å². The van der Waals surface area contributed by atoms with Crippen LogP contribution in [-0.4, -0.2) is 116 Å². The van der Waals surface area contributed by atoms with Crippen LogP contribution >= 0.6 is 34.8 Å². The Morgan fingerprint density at radius 1 is 0.703 bits per heavy atom. The summed E-state index contributed by atoms with van der Waals surface area (Å²) in [7, 11) is 1.00. The second-order valence-electron chi connectivity index (χ2n) is 17.6. The predicted octanol–water partition coefficient (Wildman–Crippen LogP) is 10.7. The van der Waals surface area contributed by atoms with Crippen LogP contribution < -0.4 is 0 Å². The molecular weight excluding hydrogens is 887 g/mol. The quantitative estimate of drug-likeness (QED) is 0.132. The molecule has 4 aromatic rings. The SMILES string of the molecule is C.CCOC(=O)c1c(Cl)c(C(C)C2CCN(C(=O)OC(C)(C)C)CC2)n2ncc(Cl)cc12.CCOC(=O)c1c(Cl)c(C(C)C2CCN(C(=O)OC(C)(C)C)CC2)n2ncccc12.CO. The van der Waals surface area contributed by atoms with E-state index in [0.717, 1.165) is 44.2 Å². The molecular formula is C46H67Cl3N6O9. The highest BCUT2D eigenvalue weighted by Crippen LogP contribution is 2.42. The van der Waals surface area contributed by atoms with Gasteiger partial charge in [0.2, 0.25) is 0 Å². The highest BCUT2D eigenvalue weighted by molar-refractivity contribution is 6.36. The fraction of sp³-hybridized carbons (Fsp3) is 0.609. The molecule has 0 aromatic carbocycles. The van der Waals surface area contributed by atoms with Gasteiger partial charge in [-0.3, -0.25) is 0 Å². The van der Waals surface area contributed by atoms with Crippen molar-refractivity contribution < 1.29 is 43.2 Å². The van der Waals surface area contributed by atoms with Crippen LogP contribution in [0.1, 0.15) is 146 Å². The van der Waals surface area contributed by atoms with Gasteiger partial charge in [0, 0.05) is 51.3 Å². The van der Waals surface area contributed by atoms with Gasteiger partial charge < -0.3 is 33.9 Å². The van der Waals surface area contributed by atoms with Crippen molar-refractivity contribution in [2.75, 3.05) is 46.5 Å². The topological polar surface area (TPSA) is 167 Å². The molecule has 4 aromatic heterocycles. The first kappa shape index (κ1) is 54.0. The first-order chi connectivity index (χ1) is 29.7. The number of ether oxygens (including phenoxy) is 4. The number of aliphatic hydroxyl groups is 1. The van der Waals surface area contributed by atoms with Crippen molar-refractivity contribution in [1.29, 1.82) is 0 Å². The summed E-state index contributed by atoms with van der Waals surface area (Å²) < 4.78 is 24.8. The van der Waals surface area contributed by atoms with E-state index in [1.807, 2.05) is 47.6 Å². The summed E-state index contributed by atoms with van der Waals surface area (Å²) in [5, 5.41) is 17.0. The molecule has 2 aliphatic rings. The smallest absolute Gasteiger partial charge is 0.410 e. The number of esters is 2. The minimum atomic E-state index is -0.518. The Bertz CT molecular complexity index is 2220. The number of fused-ring (bicyclic) bond motifs is 2. The maximum absolute atomic E-state index is 12.6. The van der Waals surface area contributed by atoms with E-state index in [-0.39, 0.29) is 56.1 Å². The normalized spacial score (nSPS) is 15.8. The molecule has 18 heteroatoms. The highest BCUT2D eigenvalue weighted by atomic mass is 35.5. The Morgan fingerprint density at radius 3 is 1.48 bits per heavy atom. The zero-order valence-corrected chi connectivity index (χ0v) is 40.6. The molecule has 2 fully saturated rings. The van der Waals surface area contributed by atoms with Gasteiger partial charge in [-0.15, -0.1) is 0 Å². The van der Waals surface area contributed by atoms with Crippen LogP contribution in [0.15, 0.2) is 30.6 Å². The van der Waals surface area contributed by atoms with Crippen molar-refractivity contribution in [3.8, 4) is 0 Å². The standard InChI is InChI=1S/C22H29Cl2N3O4.C22H30ClN3O4.CH4O.CH4/c1-6-30-20(28)17-16-11-15(23)12-25-27(16)19(18(17)24)13(2)14-7-9-26(10-8-14)21(29)31-22(3,4)5;1-6-29-20(27)17-16-8-7-11-24-26(16)19(18(17)23)14(2)15-9-12-25(13-10-15)21(28)30-22(3,4)5;1-2;/h11-14H,6-10H2,1-5H3;7-8,11,14-15H,6,9-10,12-13H2,1-5H3;2H,1H3;1H4. The summed E-state index contributed by atoms with van der Waals surface area (Å²) in [4.78, 5) is 53.3. The number of carbonyl (C=O) groups excluding carboxylic acids is 4. The molecule has 15 nitrogen and oxygen atoms in total. The Balaban J connectivity index is 0.000000323. The summed E-state index contributed by atoms with van der Waals surface area (Å²) >= 11 is 19.5. The van der Waals surface area contributed by atoms with Gasteiger partial charge in [-0.25, -0.2) is 28.2 Å². The van der Waals surface area contributed by atoms with E-state index in [4.69, 9.17) is 58.9 Å². The fourth-order valence-electron chi connectivity index (χ4n) is 8.04. The van der Waals surface area contributed by atoms with Crippen molar-refractivity contribution in [1.82, 2.24) is 29.0 Å². The number of halogens is 3. The molecule has 0 spiro atoms. The minimum Gasteiger partial charge on any atom is -0.462 e. The van der Waals surface area contributed by atoms with E-state index < -0.39 is 23.1 Å². The fourth-order valence-corrected chi connectivity index (χ4v) is 9.04. The Labute approximate surface area is 392 Å². The van der Waals surface area contributed by atoms with Gasteiger partial charge in [-0.05, 0) is 111 Å². The zero-order valence-electron chi connectivity index (χ0n) is 38.3. The largest absolute Gasteiger partial charge is 0.462 e. The molecule has 2 aliphatic heterocycles. The first-order valence-corrected chi connectivity index (χ1v) is 22.6. The third-order valence-corrected chi connectivity index (χ3v) is 12.0. The average molecular weight is 954 g/mol. The van der Waals surface area contributed by atoms with Gasteiger partial charge in [-0.1, -0.05) is 56.1 Å². The number of aliphatic hydroxyl groups excluding tert-OH is 1. The summed E-state index contributed by atoms with van der Waals surface area (Å²) in [5.41, 5.74) is 2.37. The summed E-state index contributed by atoms with van der Waals surface area (Å²) in [6.45, 7) is 21.9. The molecule has 2 saturated heterocycles. The molecule has 0 bridgehead atoms. The van der Waals surface area contributed by atoms with Crippen molar-refractivity contribution >= 4 is 70.0 Å². The van der Waals surface area contributed by atoms with Gasteiger partial charge in [0.25, 0.3) is 0 Å². The Kier molecular flexibility index (Phi) is 19.6. The number of piperidine rings is 2. The number of amides is 2.